The molecule has 1 aromatic heterocycles. The minimum atomic E-state index is 0.0786. The van der Waals surface area contributed by atoms with E-state index in [0.717, 1.165) is 16.7 Å². The van der Waals surface area contributed by atoms with E-state index in [1.54, 1.807) is 13.3 Å². The van der Waals surface area contributed by atoms with E-state index in [1.807, 2.05) is 12.1 Å². The highest BCUT2D eigenvalue weighted by Crippen LogP contribution is 2.32. The van der Waals surface area contributed by atoms with Crippen molar-refractivity contribution in [3.63, 3.8) is 0 Å². The molecule has 1 heterocycles. The Morgan fingerprint density at radius 3 is 2.67 bits per heavy atom. The van der Waals surface area contributed by atoms with Crippen molar-refractivity contribution in [2.45, 2.75) is 26.2 Å². The van der Waals surface area contributed by atoms with Crippen LogP contribution in [-0.4, -0.2) is 18.9 Å². The lowest BCUT2D eigenvalue weighted by Gasteiger charge is -2.21. The molecule has 0 N–H and O–H groups in total. The van der Waals surface area contributed by atoms with Gasteiger partial charge in [-0.25, -0.2) is 0 Å². The fourth-order valence-electron chi connectivity index (χ4n) is 1.82. The standard InChI is InChI=1S/C15H19NO2/c1-15(2,3)12-8-11-6-5-7-16-14(11)13(9-12)18-10-17-4/h5-9H,10H2,1-4H3. The minimum absolute atomic E-state index is 0.0786. The van der Waals surface area contributed by atoms with Crippen LogP contribution in [0.1, 0.15) is 26.3 Å². The third kappa shape index (κ3) is 2.62. The molecule has 0 aliphatic heterocycles. The summed E-state index contributed by atoms with van der Waals surface area (Å²) in [5.74, 6) is 0.778. The monoisotopic (exact) mass is 245 g/mol. The van der Waals surface area contributed by atoms with Crippen molar-refractivity contribution in [1.29, 1.82) is 0 Å². The second-order valence-electron chi connectivity index (χ2n) is 5.35. The molecule has 0 saturated heterocycles. The number of rotatable bonds is 3. The lowest BCUT2D eigenvalue weighted by atomic mass is 9.86. The molecule has 0 spiro atoms. The van der Waals surface area contributed by atoms with Crippen LogP contribution in [0.2, 0.25) is 0 Å². The van der Waals surface area contributed by atoms with Gasteiger partial charge in [-0.05, 0) is 29.2 Å². The quantitative estimate of drug-likeness (QED) is 0.775. The summed E-state index contributed by atoms with van der Waals surface area (Å²) in [7, 11) is 1.61. The van der Waals surface area contributed by atoms with Gasteiger partial charge in [-0.1, -0.05) is 26.8 Å². The molecule has 0 fully saturated rings. The van der Waals surface area contributed by atoms with Crippen molar-refractivity contribution < 1.29 is 9.47 Å². The summed E-state index contributed by atoms with van der Waals surface area (Å²) in [6.07, 6.45) is 1.78. The number of fused-ring (bicyclic) bond motifs is 1. The van der Waals surface area contributed by atoms with Crippen molar-refractivity contribution in [3.8, 4) is 5.75 Å². The van der Waals surface area contributed by atoms with Crippen molar-refractivity contribution in [1.82, 2.24) is 4.98 Å². The number of hydrogen-bond donors (Lipinski definition) is 0. The first kappa shape index (κ1) is 12.8. The molecule has 0 radical (unpaired) electrons. The summed E-state index contributed by atoms with van der Waals surface area (Å²) >= 11 is 0. The largest absolute Gasteiger partial charge is 0.465 e. The topological polar surface area (TPSA) is 31.4 Å². The van der Waals surface area contributed by atoms with E-state index in [4.69, 9.17) is 9.47 Å². The maximum absolute atomic E-state index is 5.62. The third-order valence-corrected chi connectivity index (χ3v) is 2.87. The highest BCUT2D eigenvalue weighted by Gasteiger charge is 2.17. The summed E-state index contributed by atoms with van der Waals surface area (Å²) in [5.41, 5.74) is 2.19. The lowest BCUT2D eigenvalue weighted by molar-refractivity contribution is 0.0520. The van der Waals surface area contributed by atoms with Crippen LogP contribution in [0.15, 0.2) is 30.5 Å². The first-order valence-corrected chi connectivity index (χ1v) is 6.03. The number of benzene rings is 1. The fourth-order valence-corrected chi connectivity index (χ4v) is 1.82. The van der Waals surface area contributed by atoms with Gasteiger partial charge in [0.25, 0.3) is 0 Å². The van der Waals surface area contributed by atoms with Gasteiger partial charge in [-0.2, -0.15) is 0 Å². The van der Waals surface area contributed by atoms with Gasteiger partial charge < -0.3 is 9.47 Å². The Kier molecular flexibility index (Phi) is 3.53. The van der Waals surface area contributed by atoms with Crippen LogP contribution in [0.4, 0.5) is 0 Å². The van der Waals surface area contributed by atoms with E-state index in [1.165, 1.54) is 5.56 Å². The molecule has 96 valence electrons. The predicted octanol–water partition coefficient (Wildman–Crippen LogP) is 3.52. The molecule has 0 saturated carbocycles. The average Bonchev–Trinajstić information content (AvgIpc) is 2.34. The van der Waals surface area contributed by atoms with Gasteiger partial charge in [0.05, 0.1) is 0 Å². The molecule has 2 rings (SSSR count). The molecule has 0 aliphatic carbocycles. The van der Waals surface area contributed by atoms with Crippen LogP contribution >= 0.6 is 0 Å². The van der Waals surface area contributed by atoms with E-state index in [-0.39, 0.29) is 12.2 Å². The highest BCUT2D eigenvalue weighted by atomic mass is 16.7. The Balaban J connectivity index is 2.57. The van der Waals surface area contributed by atoms with Gasteiger partial charge in [0.15, 0.2) is 6.79 Å². The van der Waals surface area contributed by atoms with Crippen LogP contribution in [0.3, 0.4) is 0 Å². The molecule has 18 heavy (non-hydrogen) atoms. The predicted molar refractivity (Wildman–Crippen MR) is 72.9 cm³/mol. The summed E-state index contributed by atoms with van der Waals surface area (Å²) in [4.78, 5) is 4.38. The molecule has 1 aromatic carbocycles. The van der Waals surface area contributed by atoms with Crippen molar-refractivity contribution in [2.24, 2.45) is 0 Å². The van der Waals surface area contributed by atoms with Gasteiger partial charge >= 0.3 is 0 Å². The molecule has 0 amide bonds. The maximum atomic E-state index is 5.62. The minimum Gasteiger partial charge on any atom is -0.465 e. The number of ether oxygens (including phenoxy) is 2. The number of hydrogen-bond acceptors (Lipinski definition) is 3. The summed E-state index contributed by atoms with van der Waals surface area (Å²) in [6.45, 7) is 6.79. The Hall–Kier alpha value is -1.61. The number of methoxy groups -OCH3 is 1. The Labute approximate surface area is 108 Å². The lowest BCUT2D eigenvalue weighted by Crippen LogP contribution is -2.12. The van der Waals surface area contributed by atoms with Crippen LogP contribution in [0, 0.1) is 0 Å². The number of nitrogens with zero attached hydrogens (tertiary/aromatic N) is 1. The van der Waals surface area contributed by atoms with Gasteiger partial charge in [-0.3, -0.25) is 4.98 Å². The van der Waals surface area contributed by atoms with E-state index in [9.17, 15) is 0 Å². The molecular weight excluding hydrogens is 226 g/mol. The summed E-state index contributed by atoms with van der Waals surface area (Å²) in [6, 6.07) is 8.21. The van der Waals surface area contributed by atoms with Crippen LogP contribution in [0.5, 0.6) is 5.75 Å². The zero-order valence-electron chi connectivity index (χ0n) is 11.4. The fraction of sp³-hybridized carbons (Fsp3) is 0.400. The van der Waals surface area contributed by atoms with Gasteiger partial charge in [-0.15, -0.1) is 0 Å². The zero-order chi connectivity index (χ0) is 13.2. The smallest absolute Gasteiger partial charge is 0.188 e. The summed E-state index contributed by atoms with van der Waals surface area (Å²) < 4.78 is 10.6. The third-order valence-electron chi connectivity index (χ3n) is 2.87. The van der Waals surface area contributed by atoms with E-state index in [0.29, 0.717) is 0 Å². The molecule has 0 bridgehead atoms. The maximum Gasteiger partial charge on any atom is 0.188 e. The number of aromatic nitrogens is 1. The van der Waals surface area contributed by atoms with Gasteiger partial charge in [0, 0.05) is 18.7 Å². The molecule has 3 nitrogen and oxygen atoms in total. The van der Waals surface area contributed by atoms with Crippen molar-refractivity contribution >= 4 is 10.9 Å². The summed E-state index contributed by atoms with van der Waals surface area (Å²) in [5, 5.41) is 1.09. The first-order chi connectivity index (χ1) is 8.52. The van der Waals surface area contributed by atoms with Gasteiger partial charge in [0.1, 0.15) is 11.3 Å². The normalized spacial score (nSPS) is 11.8. The molecular formula is C15H19NO2. The van der Waals surface area contributed by atoms with Crippen LogP contribution in [0.25, 0.3) is 10.9 Å². The highest BCUT2D eigenvalue weighted by molar-refractivity contribution is 5.85. The SMILES string of the molecule is COCOc1cc(C(C)(C)C)cc2cccnc12. The molecule has 0 unspecified atom stereocenters. The average molecular weight is 245 g/mol. The van der Waals surface area contributed by atoms with Crippen molar-refractivity contribution in [3.05, 3.63) is 36.0 Å². The van der Waals surface area contributed by atoms with Crippen LogP contribution in [-0.2, 0) is 10.2 Å². The molecule has 2 aromatic rings. The second kappa shape index (κ2) is 4.94. The first-order valence-electron chi connectivity index (χ1n) is 6.03. The van der Waals surface area contributed by atoms with Crippen LogP contribution < -0.4 is 4.74 Å². The second-order valence-corrected chi connectivity index (χ2v) is 5.35. The molecule has 3 heteroatoms. The van der Waals surface area contributed by atoms with Crippen molar-refractivity contribution in [2.75, 3.05) is 13.9 Å². The van der Waals surface area contributed by atoms with E-state index in [2.05, 4.69) is 37.9 Å². The van der Waals surface area contributed by atoms with E-state index < -0.39 is 0 Å². The van der Waals surface area contributed by atoms with Gasteiger partial charge in [0.2, 0.25) is 0 Å². The number of pyridine rings is 1. The molecule has 0 aliphatic rings. The Bertz CT molecular complexity index is 544. The Morgan fingerprint density at radius 2 is 2.00 bits per heavy atom. The van der Waals surface area contributed by atoms with E-state index >= 15 is 0 Å². The molecule has 0 atom stereocenters. The Morgan fingerprint density at radius 1 is 1.22 bits per heavy atom. The zero-order valence-corrected chi connectivity index (χ0v) is 11.4.